The second kappa shape index (κ2) is 27.1. The van der Waals surface area contributed by atoms with Crippen molar-refractivity contribution in [3.63, 3.8) is 0 Å². The number of ether oxygens (including phenoxy) is 2. The van der Waals surface area contributed by atoms with Crippen molar-refractivity contribution in [2.75, 3.05) is 6.61 Å². The molecule has 0 spiro atoms. The summed E-state index contributed by atoms with van der Waals surface area (Å²) in [5, 5.41) is 0. The monoisotopic (exact) mass is 607 g/mol. The third-order valence-electron chi connectivity index (χ3n) is 8.84. The number of hydrogen-bond acceptors (Lipinski definition) is 3. The Morgan fingerprint density at radius 2 is 0.886 bits per heavy atom. The van der Waals surface area contributed by atoms with Crippen LogP contribution in [0.1, 0.15) is 184 Å². The first kappa shape index (κ1) is 37.9. The van der Waals surface area contributed by atoms with E-state index in [1.165, 1.54) is 141 Å². The van der Waals surface area contributed by atoms with E-state index in [2.05, 4.69) is 19.9 Å². The summed E-state index contributed by atoms with van der Waals surface area (Å²) in [7, 11) is 0. The maximum Gasteiger partial charge on any atom is 0.347 e. The largest absolute Gasteiger partial charge is 0.493 e. The highest BCUT2D eigenvalue weighted by atomic mass is 16.5. The Balaban J connectivity index is 1.61. The molecule has 0 unspecified atom stereocenters. The van der Waals surface area contributed by atoms with Crippen LogP contribution in [0.4, 0.5) is 0 Å². The molecule has 0 fully saturated rings. The number of benzene rings is 2. The molecule has 3 heteroatoms. The molecular weight excluding hydrogens is 540 g/mol. The van der Waals surface area contributed by atoms with E-state index in [-0.39, 0.29) is 5.97 Å². The molecular formula is C41H66O3. The number of carbonyl (C=O) groups is 1. The second-order valence-electron chi connectivity index (χ2n) is 12.9. The summed E-state index contributed by atoms with van der Waals surface area (Å²) in [6.07, 6.45) is 32.9. The number of hydrogen-bond donors (Lipinski definition) is 0. The third-order valence-corrected chi connectivity index (χ3v) is 8.84. The Bertz CT molecular complexity index is 952. The minimum absolute atomic E-state index is 0.336. The summed E-state index contributed by atoms with van der Waals surface area (Å²) in [4.78, 5) is 13.2. The Labute approximate surface area is 271 Å². The van der Waals surface area contributed by atoms with Gasteiger partial charge in [-0.3, -0.25) is 0 Å². The quantitative estimate of drug-likeness (QED) is 0.0525. The number of carbonyl (C=O) groups excluding carboxylic acids is 1. The summed E-state index contributed by atoms with van der Waals surface area (Å²) in [6.45, 7) is 5.19. The molecule has 3 nitrogen and oxygen atoms in total. The Kier molecular flexibility index (Phi) is 23.3. The summed E-state index contributed by atoms with van der Waals surface area (Å²) >= 11 is 0. The van der Waals surface area contributed by atoms with Gasteiger partial charge < -0.3 is 9.47 Å². The molecule has 0 atom stereocenters. The maximum atomic E-state index is 13.2. The standard InChI is InChI=1S/C41H66O3/c1-3-5-7-9-11-13-15-16-17-18-20-22-24-30-36-43-40-35-29-27-33-38(40)41(42)44-39-34-28-26-32-37(39)31-25-23-21-19-14-12-10-8-6-4-2/h26-29,32-35H,3-25,30-31,36H2,1-2H3. The zero-order chi connectivity index (χ0) is 31.3. The van der Waals surface area contributed by atoms with Crippen LogP contribution in [0.2, 0.25) is 0 Å². The van der Waals surface area contributed by atoms with Crippen molar-refractivity contribution >= 4 is 5.97 Å². The average Bonchev–Trinajstić information content (AvgIpc) is 3.04. The highest BCUT2D eigenvalue weighted by Crippen LogP contribution is 2.25. The summed E-state index contributed by atoms with van der Waals surface area (Å²) in [5.74, 6) is 0.964. The van der Waals surface area contributed by atoms with Gasteiger partial charge in [-0.2, -0.15) is 0 Å². The molecule has 0 bridgehead atoms. The van der Waals surface area contributed by atoms with Crippen LogP contribution < -0.4 is 9.47 Å². The highest BCUT2D eigenvalue weighted by molar-refractivity contribution is 5.94. The van der Waals surface area contributed by atoms with Crippen LogP contribution in [-0.4, -0.2) is 12.6 Å². The Morgan fingerprint density at radius 1 is 0.477 bits per heavy atom. The molecule has 0 N–H and O–H groups in total. The number of aryl methyl sites for hydroxylation is 1. The van der Waals surface area contributed by atoms with Gasteiger partial charge in [-0.05, 0) is 43.0 Å². The lowest BCUT2D eigenvalue weighted by Gasteiger charge is -2.13. The first-order valence-electron chi connectivity index (χ1n) is 18.8. The molecule has 0 aliphatic rings. The summed E-state index contributed by atoms with van der Waals surface area (Å²) in [5.41, 5.74) is 1.62. The predicted molar refractivity (Wildman–Crippen MR) is 189 cm³/mol. The van der Waals surface area contributed by atoms with E-state index >= 15 is 0 Å². The number of para-hydroxylation sites is 2. The summed E-state index contributed by atoms with van der Waals surface area (Å²) in [6, 6.07) is 15.5. The van der Waals surface area contributed by atoms with Gasteiger partial charge in [0.2, 0.25) is 0 Å². The van der Waals surface area contributed by atoms with Crippen molar-refractivity contribution in [3.8, 4) is 11.5 Å². The molecule has 248 valence electrons. The van der Waals surface area contributed by atoms with Gasteiger partial charge >= 0.3 is 5.97 Å². The maximum absolute atomic E-state index is 13.2. The zero-order valence-corrected chi connectivity index (χ0v) is 28.7. The van der Waals surface area contributed by atoms with Crippen molar-refractivity contribution in [1.82, 2.24) is 0 Å². The average molecular weight is 607 g/mol. The van der Waals surface area contributed by atoms with Gasteiger partial charge in [0.15, 0.2) is 0 Å². The second-order valence-corrected chi connectivity index (χ2v) is 12.9. The van der Waals surface area contributed by atoms with Crippen LogP contribution >= 0.6 is 0 Å². The van der Waals surface area contributed by atoms with Crippen LogP contribution in [-0.2, 0) is 6.42 Å². The zero-order valence-electron chi connectivity index (χ0n) is 28.7. The number of rotatable bonds is 29. The number of esters is 1. The molecule has 0 saturated carbocycles. The predicted octanol–water partition coefficient (Wildman–Crippen LogP) is 13.2. The molecule has 0 aromatic heterocycles. The fourth-order valence-corrected chi connectivity index (χ4v) is 6.01. The lowest BCUT2D eigenvalue weighted by Crippen LogP contribution is -2.12. The van der Waals surface area contributed by atoms with Crippen molar-refractivity contribution in [3.05, 3.63) is 59.7 Å². The molecule has 0 aliphatic carbocycles. The van der Waals surface area contributed by atoms with Crippen molar-refractivity contribution in [1.29, 1.82) is 0 Å². The van der Waals surface area contributed by atoms with E-state index < -0.39 is 0 Å². The fraction of sp³-hybridized carbons (Fsp3) is 0.683. The van der Waals surface area contributed by atoms with Gasteiger partial charge in [0.25, 0.3) is 0 Å². The van der Waals surface area contributed by atoms with Gasteiger partial charge in [-0.1, -0.05) is 185 Å². The van der Waals surface area contributed by atoms with Gasteiger partial charge in [0, 0.05) is 0 Å². The Hall–Kier alpha value is -2.29. The van der Waals surface area contributed by atoms with E-state index in [4.69, 9.17) is 9.47 Å². The first-order chi connectivity index (χ1) is 21.8. The molecule has 0 heterocycles. The minimum atomic E-state index is -0.336. The van der Waals surface area contributed by atoms with Crippen LogP contribution in [0.5, 0.6) is 11.5 Å². The fourth-order valence-electron chi connectivity index (χ4n) is 6.01. The lowest BCUT2D eigenvalue weighted by molar-refractivity contribution is 0.0728. The molecule has 44 heavy (non-hydrogen) atoms. The van der Waals surface area contributed by atoms with E-state index in [0.29, 0.717) is 23.7 Å². The molecule has 2 aromatic rings. The van der Waals surface area contributed by atoms with E-state index in [1.807, 2.05) is 42.5 Å². The van der Waals surface area contributed by atoms with Crippen molar-refractivity contribution in [2.45, 2.75) is 174 Å². The van der Waals surface area contributed by atoms with E-state index in [1.54, 1.807) is 0 Å². The van der Waals surface area contributed by atoms with Crippen molar-refractivity contribution < 1.29 is 14.3 Å². The van der Waals surface area contributed by atoms with Crippen LogP contribution in [0, 0.1) is 0 Å². The first-order valence-corrected chi connectivity index (χ1v) is 18.8. The topological polar surface area (TPSA) is 35.5 Å². The van der Waals surface area contributed by atoms with Gasteiger partial charge in [-0.25, -0.2) is 4.79 Å². The molecule has 2 aromatic carbocycles. The van der Waals surface area contributed by atoms with Crippen LogP contribution in [0.25, 0.3) is 0 Å². The van der Waals surface area contributed by atoms with Crippen molar-refractivity contribution in [2.24, 2.45) is 0 Å². The van der Waals surface area contributed by atoms with Gasteiger partial charge in [-0.15, -0.1) is 0 Å². The van der Waals surface area contributed by atoms with Crippen LogP contribution in [0.3, 0.4) is 0 Å². The molecule has 2 rings (SSSR count). The van der Waals surface area contributed by atoms with E-state index in [0.717, 1.165) is 24.8 Å². The molecule has 0 radical (unpaired) electrons. The SMILES string of the molecule is CCCCCCCCCCCCCCCCOc1ccccc1C(=O)Oc1ccccc1CCCCCCCCCCCC. The third kappa shape index (κ3) is 18.5. The van der Waals surface area contributed by atoms with E-state index in [9.17, 15) is 4.79 Å². The van der Waals surface area contributed by atoms with Crippen LogP contribution in [0.15, 0.2) is 48.5 Å². The smallest absolute Gasteiger partial charge is 0.347 e. The summed E-state index contributed by atoms with van der Waals surface area (Å²) < 4.78 is 12.0. The molecule has 0 amide bonds. The van der Waals surface area contributed by atoms with Gasteiger partial charge in [0.1, 0.15) is 17.1 Å². The normalized spacial score (nSPS) is 11.1. The Morgan fingerprint density at radius 3 is 1.41 bits per heavy atom. The molecule has 0 saturated heterocycles. The number of unbranched alkanes of at least 4 members (excludes halogenated alkanes) is 22. The highest BCUT2D eigenvalue weighted by Gasteiger charge is 2.16. The molecule has 0 aliphatic heterocycles. The lowest BCUT2D eigenvalue weighted by atomic mass is 10.0. The minimum Gasteiger partial charge on any atom is -0.493 e. The van der Waals surface area contributed by atoms with Gasteiger partial charge in [0.05, 0.1) is 6.61 Å².